The van der Waals surface area contributed by atoms with E-state index in [4.69, 9.17) is 9.84 Å². The Morgan fingerprint density at radius 2 is 1.76 bits per heavy atom. The number of carbonyl (C=O) groups is 2. The minimum Gasteiger partial charge on any atom is -0.489 e. The smallest absolute Gasteiger partial charge is 0.271 e. The van der Waals surface area contributed by atoms with Crippen LogP contribution in [-0.2, 0) is 16.2 Å². The molecule has 7 nitrogen and oxygen atoms in total. The predicted octanol–water partition coefficient (Wildman–Crippen LogP) is 6.65. The second-order valence-corrected chi connectivity index (χ2v) is 9.91. The third kappa shape index (κ3) is 5.77. The van der Waals surface area contributed by atoms with Gasteiger partial charge < -0.3 is 4.74 Å². The highest BCUT2D eigenvalue weighted by Gasteiger charge is 2.35. The van der Waals surface area contributed by atoms with E-state index < -0.39 is 11.8 Å². The minimum absolute atomic E-state index is 0.0440. The molecule has 210 valence electrons. The molecule has 5 rings (SSSR count). The Morgan fingerprint density at radius 3 is 2.50 bits per heavy atom. The summed E-state index contributed by atoms with van der Waals surface area (Å²) in [5.74, 6) is -0.819. The van der Waals surface area contributed by atoms with Gasteiger partial charge in [0.05, 0.1) is 5.69 Å². The average Bonchev–Trinajstić information content (AvgIpc) is 3.44. The van der Waals surface area contributed by atoms with Crippen molar-refractivity contribution in [1.82, 2.24) is 14.7 Å². The van der Waals surface area contributed by atoms with Crippen LogP contribution in [0.3, 0.4) is 0 Å². The van der Waals surface area contributed by atoms with Gasteiger partial charge in [-0.1, -0.05) is 61.9 Å². The van der Waals surface area contributed by atoms with Crippen LogP contribution < -0.4 is 4.74 Å². The molecule has 0 saturated heterocycles. The van der Waals surface area contributed by atoms with Gasteiger partial charge in [-0.3, -0.25) is 14.5 Å². The summed E-state index contributed by atoms with van der Waals surface area (Å²) in [7, 11) is 0. The number of carbonyl (C=O) groups excluding carboxylic acids is 2. The van der Waals surface area contributed by atoms with Gasteiger partial charge in [-0.05, 0) is 55.3 Å². The lowest BCUT2D eigenvalue weighted by molar-refractivity contribution is -0.140. The first-order chi connectivity index (χ1) is 20.4. The van der Waals surface area contributed by atoms with Crippen LogP contribution in [0.25, 0.3) is 23.0 Å². The fraction of sp³-hybridized carbons (Fsp3) is 0.176. The van der Waals surface area contributed by atoms with E-state index >= 15 is 0 Å². The quantitative estimate of drug-likeness (QED) is 0.169. The van der Waals surface area contributed by atoms with Crippen molar-refractivity contribution in [3.05, 3.63) is 119 Å². The molecule has 1 aromatic heterocycles. The van der Waals surface area contributed by atoms with E-state index in [1.807, 2.05) is 67.7 Å². The summed E-state index contributed by atoms with van der Waals surface area (Å²) in [5.41, 5.74) is 3.71. The van der Waals surface area contributed by atoms with Crippen molar-refractivity contribution in [3.8, 4) is 28.8 Å². The second kappa shape index (κ2) is 12.5. The highest BCUT2D eigenvalue weighted by Crippen LogP contribution is 2.32. The summed E-state index contributed by atoms with van der Waals surface area (Å²) in [5, 5.41) is 14.6. The van der Waals surface area contributed by atoms with Crippen LogP contribution in [0, 0.1) is 17.1 Å². The molecule has 0 N–H and O–H groups in total. The Kier molecular flexibility index (Phi) is 8.39. The molecule has 0 radical (unpaired) electrons. The number of imide groups is 1. The lowest BCUT2D eigenvalue weighted by Crippen LogP contribution is -2.43. The largest absolute Gasteiger partial charge is 0.489 e. The Bertz CT molecular complexity index is 1750. The zero-order valence-electron chi connectivity index (χ0n) is 23.4. The van der Waals surface area contributed by atoms with Crippen molar-refractivity contribution < 1.29 is 18.7 Å². The van der Waals surface area contributed by atoms with E-state index in [-0.39, 0.29) is 30.1 Å². The first-order valence-electron chi connectivity index (χ1n) is 13.7. The standard InChI is InChI=1S/C34H29FN4O3/c1-3-4-17-38-33(40)29(23(2)30(20-36)34(38)41)19-26-21-39(27-13-6-5-7-14-27)37-32(26)24-12-10-15-28(18-24)42-22-25-11-8-9-16-31(25)35/h5-16,18-19,21H,3-4,17,22H2,1-2H3/b29-19+. The topological polar surface area (TPSA) is 88.2 Å². The van der Waals surface area contributed by atoms with Crippen molar-refractivity contribution in [3.63, 3.8) is 0 Å². The fourth-order valence-electron chi connectivity index (χ4n) is 4.74. The van der Waals surface area contributed by atoms with Crippen LogP contribution in [0.5, 0.6) is 5.75 Å². The zero-order chi connectivity index (χ0) is 29.6. The monoisotopic (exact) mass is 560 g/mol. The van der Waals surface area contributed by atoms with E-state index in [0.717, 1.165) is 17.0 Å². The molecule has 0 spiro atoms. The van der Waals surface area contributed by atoms with Gasteiger partial charge in [-0.15, -0.1) is 0 Å². The van der Waals surface area contributed by atoms with E-state index in [9.17, 15) is 19.2 Å². The molecule has 8 heteroatoms. The molecule has 4 aromatic rings. The highest BCUT2D eigenvalue weighted by atomic mass is 19.1. The number of nitrogens with zero attached hydrogens (tertiary/aromatic N) is 4. The first kappa shape index (κ1) is 28.2. The summed E-state index contributed by atoms with van der Waals surface area (Å²) in [6.07, 6.45) is 4.93. The number of hydrogen-bond acceptors (Lipinski definition) is 5. The van der Waals surface area contributed by atoms with Crippen LogP contribution in [0.4, 0.5) is 4.39 Å². The molecule has 0 saturated carbocycles. The Hall–Kier alpha value is -5.29. The fourth-order valence-corrected chi connectivity index (χ4v) is 4.74. The van der Waals surface area contributed by atoms with Crippen molar-refractivity contribution in [1.29, 1.82) is 5.26 Å². The molecule has 1 aliphatic rings. The lowest BCUT2D eigenvalue weighted by Gasteiger charge is -2.27. The summed E-state index contributed by atoms with van der Waals surface area (Å²) in [6.45, 7) is 3.89. The van der Waals surface area contributed by atoms with E-state index in [2.05, 4.69) is 0 Å². The summed E-state index contributed by atoms with van der Waals surface area (Å²) in [4.78, 5) is 27.6. The molecule has 0 unspecified atom stereocenters. The van der Waals surface area contributed by atoms with E-state index in [0.29, 0.717) is 40.1 Å². The molecule has 42 heavy (non-hydrogen) atoms. The molecule has 2 heterocycles. The summed E-state index contributed by atoms with van der Waals surface area (Å²) >= 11 is 0. The molecule has 0 atom stereocenters. The van der Waals surface area contributed by atoms with Gasteiger partial charge in [0.25, 0.3) is 11.8 Å². The van der Waals surface area contributed by atoms with Crippen LogP contribution in [0.2, 0.25) is 0 Å². The zero-order valence-corrected chi connectivity index (χ0v) is 23.4. The predicted molar refractivity (Wildman–Crippen MR) is 158 cm³/mol. The van der Waals surface area contributed by atoms with Gasteiger partial charge in [-0.2, -0.15) is 10.4 Å². The molecule has 1 aliphatic heterocycles. The third-order valence-corrected chi connectivity index (χ3v) is 7.08. The number of halogens is 1. The van der Waals surface area contributed by atoms with E-state index in [1.165, 1.54) is 6.07 Å². The summed E-state index contributed by atoms with van der Waals surface area (Å²) < 4.78 is 21.8. The van der Waals surface area contributed by atoms with Gasteiger partial charge in [-0.25, -0.2) is 9.07 Å². The molecule has 0 bridgehead atoms. The Labute approximate surface area is 243 Å². The van der Waals surface area contributed by atoms with Crippen LogP contribution in [-0.4, -0.2) is 33.0 Å². The lowest BCUT2D eigenvalue weighted by atomic mass is 9.93. The SMILES string of the molecule is CCCCN1C(=O)C(C#N)=C(C)/C(=C\c2cn(-c3ccccc3)nc2-c2cccc(OCc3ccccc3F)c2)C1=O. The van der Waals surface area contributed by atoms with Gasteiger partial charge in [0.15, 0.2) is 0 Å². The number of ether oxygens (including phenoxy) is 1. The second-order valence-electron chi connectivity index (χ2n) is 9.91. The number of amides is 2. The number of hydrogen-bond donors (Lipinski definition) is 0. The molecule has 2 amide bonds. The van der Waals surface area contributed by atoms with Crippen molar-refractivity contribution in [2.75, 3.05) is 6.54 Å². The molecule has 3 aromatic carbocycles. The third-order valence-electron chi connectivity index (χ3n) is 7.08. The van der Waals surface area contributed by atoms with Crippen LogP contribution in [0.15, 0.2) is 102 Å². The average molecular weight is 561 g/mol. The number of unbranched alkanes of at least 4 members (excludes halogenated alkanes) is 1. The highest BCUT2D eigenvalue weighted by molar-refractivity contribution is 6.19. The van der Waals surface area contributed by atoms with Gasteiger partial charge in [0.2, 0.25) is 0 Å². The molecular weight excluding hydrogens is 531 g/mol. The van der Waals surface area contributed by atoms with Crippen molar-refractivity contribution in [2.45, 2.75) is 33.3 Å². The molecule has 0 aliphatic carbocycles. The maximum atomic E-state index is 14.1. The summed E-state index contributed by atoms with van der Waals surface area (Å²) in [6, 6.07) is 25.3. The van der Waals surface area contributed by atoms with Gasteiger partial charge in [0, 0.05) is 35.0 Å². The first-order valence-corrected chi connectivity index (χ1v) is 13.7. The van der Waals surface area contributed by atoms with Gasteiger partial charge >= 0.3 is 0 Å². The number of para-hydroxylation sites is 1. The minimum atomic E-state index is -0.564. The molecule has 0 fully saturated rings. The number of nitriles is 1. The molecular formula is C34H29FN4O3. The van der Waals surface area contributed by atoms with Crippen LogP contribution >= 0.6 is 0 Å². The number of aromatic nitrogens is 2. The maximum Gasteiger partial charge on any atom is 0.271 e. The van der Waals surface area contributed by atoms with Crippen LogP contribution in [0.1, 0.15) is 37.8 Å². The van der Waals surface area contributed by atoms with Crippen molar-refractivity contribution in [2.24, 2.45) is 0 Å². The Balaban J connectivity index is 1.59. The number of rotatable bonds is 9. The Morgan fingerprint density at radius 1 is 1.00 bits per heavy atom. The van der Waals surface area contributed by atoms with E-state index in [1.54, 1.807) is 41.9 Å². The normalized spacial score (nSPS) is 14.4. The number of benzene rings is 3. The maximum absolute atomic E-state index is 14.1. The van der Waals surface area contributed by atoms with Crippen molar-refractivity contribution >= 4 is 17.9 Å². The van der Waals surface area contributed by atoms with Gasteiger partial charge in [0.1, 0.15) is 35.5 Å².